The van der Waals surface area contributed by atoms with E-state index in [1.54, 1.807) is 6.20 Å². The standard InChI is InChI=1S/C21H24N8OS2/c1-28-9-11-29(12-10-28)19-24-18(25-20-22-8-13-31-20)26-21(27-19)32-16-6-4-15(5-7-16)23-17(30)14-2-3-14/h4-8,13-14H,2-3,9-12H2,1H3,(H,23,30)(H,22,24,25,26,27). The lowest BCUT2D eigenvalue weighted by Gasteiger charge is -2.32. The normalized spacial score (nSPS) is 16.7. The van der Waals surface area contributed by atoms with Crippen LogP contribution in [0, 0.1) is 5.92 Å². The minimum atomic E-state index is 0.109. The van der Waals surface area contributed by atoms with Gasteiger partial charge in [-0.05, 0) is 55.9 Å². The maximum absolute atomic E-state index is 12.0. The van der Waals surface area contributed by atoms with Gasteiger partial charge in [0.1, 0.15) is 0 Å². The summed E-state index contributed by atoms with van der Waals surface area (Å²) < 4.78 is 0. The zero-order valence-corrected chi connectivity index (χ0v) is 19.3. The number of anilines is 4. The summed E-state index contributed by atoms with van der Waals surface area (Å²) in [6, 6.07) is 7.78. The molecule has 1 saturated carbocycles. The molecule has 5 rings (SSSR count). The number of benzene rings is 1. The van der Waals surface area contributed by atoms with E-state index >= 15 is 0 Å². The molecule has 11 heteroatoms. The highest BCUT2D eigenvalue weighted by molar-refractivity contribution is 7.99. The first-order valence-corrected chi connectivity index (χ1v) is 12.3. The summed E-state index contributed by atoms with van der Waals surface area (Å²) in [5.41, 5.74) is 0.811. The molecule has 0 radical (unpaired) electrons. The molecule has 1 aliphatic carbocycles. The number of carbonyl (C=O) groups excluding carboxylic acids is 1. The van der Waals surface area contributed by atoms with Gasteiger partial charge in [0.2, 0.25) is 17.8 Å². The van der Waals surface area contributed by atoms with E-state index in [4.69, 9.17) is 4.98 Å². The van der Waals surface area contributed by atoms with Crippen LogP contribution in [-0.4, -0.2) is 64.0 Å². The lowest BCUT2D eigenvalue weighted by atomic mass is 10.3. The number of likely N-dealkylation sites (N-methyl/N-ethyl adjacent to an activating group) is 1. The molecule has 1 aromatic carbocycles. The highest BCUT2D eigenvalue weighted by atomic mass is 32.2. The summed E-state index contributed by atoms with van der Waals surface area (Å²) in [5, 5.41) is 9.42. The molecule has 3 aromatic rings. The minimum absolute atomic E-state index is 0.109. The molecule has 3 heterocycles. The van der Waals surface area contributed by atoms with Crippen LogP contribution in [0.5, 0.6) is 0 Å². The Hall–Kier alpha value is -2.76. The molecule has 0 unspecified atom stereocenters. The number of nitrogens with one attached hydrogen (secondary N) is 2. The van der Waals surface area contributed by atoms with Crippen molar-refractivity contribution in [2.24, 2.45) is 5.92 Å². The fraction of sp³-hybridized carbons (Fsp3) is 0.381. The van der Waals surface area contributed by atoms with Crippen molar-refractivity contribution in [3.63, 3.8) is 0 Å². The summed E-state index contributed by atoms with van der Waals surface area (Å²) in [4.78, 5) is 35.7. The topological polar surface area (TPSA) is 99.2 Å². The number of amides is 1. The van der Waals surface area contributed by atoms with E-state index in [9.17, 15) is 4.79 Å². The summed E-state index contributed by atoms with van der Waals surface area (Å²) in [6.07, 6.45) is 3.73. The van der Waals surface area contributed by atoms with Crippen LogP contribution < -0.4 is 15.5 Å². The third-order valence-corrected chi connectivity index (χ3v) is 6.88. The number of rotatable bonds is 7. The van der Waals surface area contributed by atoms with Crippen molar-refractivity contribution in [3.8, 4) is 0 Å². The lowest BCUT2D eigenvalue weighted by molar-refractivity contribution is -0.117. The molecule has 2 aliphatic rings. The van der Waals surface area contributed by atoms with Crippen LogP contribution in [0.1, 0.15) is 12.8 Å². The van der Waals surface area contributed by atoms with Crippen LogP contribution in [0.4, 0.5) is 22.7 Å². The molecule has 32 heavy (non-hydrogen) atoms. The molecular formula is C21H24N8OS2. The summed E-state index contributed by atoms with van der Waals surface area (Å²) in [6.45, 7) is 3.68. The van der Waals surface area contributed by atoms with E-state index in [2.05, 4.69) is 42.4 Å². The molecule has 2 fully saturated rings. The highest BCUT2D eigenvalue weighted by Crippen LogP contribution is 2.31. The summed E-state index contributed by atoms with van der Waals surface area (Å²) >= 11 is 2.97. The van der Waals surface area contributed by atoms with Crippen LogP contribution >= 0.6 is 23.1 Å². The van der Waals surface area contributed by atoms with Gasteiger partial charge in [-0.3, -0.25) is 10.1 Å². The predicted molar refractivity (Wildman–Crippen MR) is 127 cm³/mol. The molecule has 0 bridgehead atoms. The fourth-order valence-corrected chi connectivity index (χ4v) is 4.54. The molecule has 2 N–H and O–H groups in total. The van der Waals surface area contributed by atoms with Crippen molar-refractivity contribution < 1.29 is 4.79 Å². The Kier molecular flexibility index (Phi) is 6.19. The maximum atomic E-state index is 12.0. The second-order valence-corrected chi connectivity index (χ2v) is 9.82. The quantitative estimate of drug-likeness (QED) is 0.541. The number of hydrogen-bond acceptors (Lipinski definition) is 10. The van der Waals surface area contributed by atoms with Gasteiger partial charge in [0.15, 0.2) is 10.3 Å². The van der Waals surface area contributed by atoms with Crippen molar-refractivity contribution in [2.45, 2.75) is 22.9 Å². The molecular weight excluding hydrogens is 444 g/mol. The molecule has 1 saturated heterocycles. The third kappa shape index (κ3) is 5.34. The van der Waals surface area contributed by atoms with Crippen molar-refractivity contribution in [1.29, 1.82) is 0 Å². The maximum Gasteiger partial charge on any atom is 0.234 e. The molecule has 1 aliphatic heterocycles. The molecule has 0 spiro atoms. The van der Waals surface area contributed by atoms with Crippen LogP contribution in [0.2, 0.25) is 0 Å². The van der Waals surface area contributed by atoms with Crippen molar-refractivity contribution in [1.82, 2.24) is 24.8 Å². The molecule has 0 atom stereocenters. The van der Waals surface area contributed by atoms with Crippen molar-refractivity contribution in [2.75, 3.05) is 48.8 Å². The van der Waals surface area contributed by atoms with Crippen LogP contribution in [-0.2, 0) is 4.79 Å². The molecule has 9 nitrogen and oxygen atoms in total. The van der Waals surface area contributed by atoms with E-state index < -0.39 is 0 Å². The summed E-state index contributed by atoms with van der Waals surface area (Å²) in [5.74, 6) is 1.45. The Balaban J connectivity index is 1.34. The first kappa shape index (κ1) is 21.1. The van der Waals surface area contributed by atoms with Gasteiger partial charge >= 0.3 is 0 Å². The van der Waals surface area contributed by atoms with Gasteiger partial charge < -0.3 is 15.1 Å². The number of thiazole rings is 1. The third-order valence-electron chi connectivity index (χ3n) is 5.32. The Labute approximate surface area is 194 Å². The van der Waals surface area contributed by atoms with Crippen molar-refractivity contribution >= 4 is 51.7 Å². The van der Waals surface area contributed by atoms with E-state index in [1.807, 2.05) is 29.6 Å². The van der Waals surface area contributed by atoms with Crippen LogP contribution in [0.25, 0.3) is 0 Å². The van der Waals surface area contributed by atoms with Gasteiger partial charge in [0, 0.05) is 54.3 Å². The highest BCUT2D eigenvalue weighted by Gasteiger charge is 2.29. The monoisotopic (exact) mass is 468 g/mol. The largest absolute Gasteiger partial charge is 0.338 e. The van der Waals surface area contributed by atoms with E-state index in [0.29, 0.717) is 17.1 Å². The van der Waals surface area contributed by atoms with Gasteiger partial charge in [-0.25, -0.2) is 4.98 Å². The number of piperazine rings is 1. The second kappa shape index (κ2) is 9.39. The van der Waals surface area contributed by atoms with Crippen LogP contribution in [0.3, 0.4) is 0 Å². The number of nitrogens with zero attached hydrogens (tertiary/aromatic N) is 6. The molecule has 166 valence electrons. The van der Waals surface area contributed by atoms with Gasteiger partial charge in [-0.1, -0.05) is 0 Å². The number of aromatic nitrogens is 4. The first-order chi connectivity index (χ1) is 15.6. The van der Waals surface area contributed by atoms with Gasteiger partial charge in [0.05, 0.1) is 0 Å². The van der Waals surface area contributed by atoms with E-state index in [1.165, 1.54) is 23.1 Å². The lowest BCUT2D eigenvalue weighted by Crippen LogP contribution is -2.45. The number of carbonyl (C=O) groups is 1. The summed E-state index contributed by atoms with van der Waals surface area (Å²) in [7, 11) is 2.12. The van der Waals surface area contributed by atoms with Gasteiger partial charge in [0.25, 0.3) is 0 Å². The Bertz CT molecular complexity index is 1060. The van der Waals surface area contributed by atoms with Crippen LogP contribution in [0.15, 0.2) is 45.9 Å². The van der Waals surface area contributed by atoms with Gasteiger partial charge in [-0.2, -0.15) is 15.0 Å². The Morgan fingerprint density at radius 3 is 2.56 bits per heavy atom. The SMILES string of the molecule is CN1CCN(c2nc(Nc3nccs3)nc(Sc3ccc(NC(=O)C4CC4)cc3)n2)CC1. The molecule has 1 amide bonds. The fourth-order valence-electron chi connectivity index (χ4n) is 3.28. The van der Waals surface area contributed by atoms with E-state index in [-0.39, 0.29) is 11.8 Å². The predicted octanol–water partition coefficient (Wildman–Crippen LogP) is 3.32. The van der Waals surface area contributed by atoms with Crippen molar-refractivity contribution in [3.05, 3.63) is 35.8 Å². The average Bonchev–Trinajstić information content (AvgIpc) is 3.53. The Morgan fingerprint density at radius 2 is 1.88 bits per heavy atom. The molecule has 2 aromatic heterocycles. The van der Waals surface area contributed by atoms with Gasteiger partial charge in [-0.15, -0.1) is 11.3 Å². The Morgan fingerprint density at radius 1 is 1.09 bits per heavy atom. The zero-order valence-electron chi connectivity index (χ0n) is 17.7. The minimum Gasteiger partial charge on any atom is -0.338 e. The zero-order chi connectivity index (χ0) is 21.9. The second-order valence-electron chi connectivity index (χ2n) is 7.88. The van der Waals surface area contributed by atoms with E-state index in [0.717, 1.165) is 54.7 Å². The number of hydrogen-bond donors (Lipinski definition) is 2. The smallest absolute Gasteiger partial charge is 0.234 e. The average molecular weight is 469 g/mol. The first-order valence-electron chi connectivity index (χ1n) is 10.6.